The van der Waals surface area contributed by atoms with Gasteiger partial charge in [-0.25, -0.2) is 23.1 Å². The average Bonchev–Trinajstić information content (AvgIpc) is 3.11. The van der Waals surface area contributed by atoms with Crippen molar-refractivity contribution in [2.75, 3.05) is 16.8 Å². The molecule has 4 amide bonds. The normalized spacial score (nSPS) is 14.2. The Morgan fingerprint density at radius 3 is 2.30 bits per heavy atom. The number of benzene rings is 2. The van der Waals surface area contributed by atoms with E-state index in [0.29, 0.717) is 17.7 Å². The molecule has 0 atom stereocenters. The van der Waals surface area contributed by atoms with Crippen molar-refractivity contribution in [1.29, 1.82) is 0 Å². The minimum Gasteiger partial charge on any atom is -0.310 e. The molecule has 3 aromatic rings. The molecule has 9 nitrogen and oxygen atoms in total. The van der Waals surface area contributed by atoms with Crippen molar-refractivity contribution in [3.8, 4) is 0 Å². The second kappa shape index (κ2) is 10.0. The lowest BCUT2D eigenvalue weighted by atomic mass is 10.1. The summed E-state index contributed by atoms with van der Waals surface area (Å²) >= 11 is 0. The number of urea groups is 1. The first-order valence-corrected chi connectivity index (χ1v) is 12.3. The molecular formula is C24H19F3N4O5S. The molecule has 13 heteroatoms. The molecule has 4 rings (SSSR count). The van der Waals surface area contributed by atoms with Gasteiger partial charge in [0.15, 0.2) is 0 Å². The Bertz CT molecular complexity index is 1450. The Balaban J connectivity index is 1.43. The molecule has 0 unspecified atom stereocenters. The number of alkyl halides is 3. The number of rotatable bonds is 7. The Morgan fingerprint density at radius 1 is 0.973 bits per heavy atom. The number of nitrogens with zero attached hydrogens (tertiary/aromatic N) is 3. The largest absolute Gasteiger partial charge is 0.501 e. The van der Waals surface area contributed by atoms with Crippen LogP contribution in [0.2, 0.25) is 0 Å². The number of carbonyl (C=O) groups excluding carboxylic acids is 3. The summed E-state index contributed by atoms with van der Waals surface area (Å²) in [5.41, 5.74) is -4.15. The number of imide groups is 1. The van der Waals surface area contributed by atoms with Crippen molar-refractivity contribution in [2.24, 2.45) is 0 Å². The van der Waals surface area contributed by atoms with E-state index in [1.165, 1.54) is 11.1 Å². The molecule has 0 aliphatic carbocycles. The van der Waals surface area contributed by atoms with Crippen molar-refractivity contribution in [1.82, 2.24) is 9.88 Å². The molecule has 2 heterocycles. The van der Waals surface area contributed by atoms with Gasteiger partial charge in [-0.1, -0.05) is 30.3 Å². The number of hydrogen-bond acceptors (Lipinski definition) is 6. The molecule has 0 spiro atoms. The van der Waals surface area contributed by atoms with Gasteiger partial charge in [-0.05, 0) is 47.5 Å². The summed E-state index contributed by atoms with van der Waals surface area (Å²) in [7, 11) is -5.56. The van der Waals surface area contributed by atoms with Crippen LogP contribution in [-0.4, -0.2) is 48.2 Å². The number of aromatic nitrogens is 1. The topological polar surface area (TPSA) is 117 Å². The minimum atomic E-state index is -5.56. The summed E-state index contributed by atoms with van der Waals surface area (Å²) in [5.74, 6) is -0.665. The molecule has 0 saturated carbocycles. The van der Waals surface area contributed by atoms with Crippen LogP contribution in [-0.2, 0) is 32.4 Å². The first-order chi connectivity index (χ1) is 17.5. The lowest BCUT2D eigenvalue weighted by Crippen LogP contribution is -2.32. The van der Waals surface area contributed by atoms with E-state index in [-0.39, 0.29) is 36.9 Å². The number of nitrogens with one attached hydrogen (secondary N) is 1. The molecule has 37 heavy (non-hydrogen) atoms. The maximum absolute atomic E-state index is 12.9. The number of pyridine rings is 1. The third kappa shape index (κ3) is 5.61. The zero-order chi connectivity index (χ0) is 26.8. The van der Waals surface area contributed by atoms with E-state index in [9.17, 15) is 36.0 Å². The van der Waals surface area contributed by atoms with E-state index in [4.69, 9.17) is 0 Å². The number of anilines is 2. The predicted molar refractivity (Wildman–Crippen MR) is 126 cm³/mol. The molecule has 0 radical (unpaired) electrons. The number of sulfone groups is 1. The Morgan fingerprint density at radius 2 is 1.65 bits per heavy atom. The quantitative estimate of drug-likeness (QED) is 0.466. The van der Waals surface area contributed by atoms with Crippen LogP contribution in [0, 0.1) is 0 Å². The van der Waals surface area contributed by atoms with Crippen LogP contribution in [0.4, 0.5) is 29.5 Å². The highest BCUT2D eigenvalue weighted by molar-refractivity contribution is 7.92. The van der Waals surface area contributed by atoms with Gasteiger partial charge in [-0.2, -0.15) is 13.2 Å². The van der Waals surface area contributed by atoms with Crippen molar-refractivity contribution in [3.05, 3.63) is 84.1 Å². The Hall–Kier alpha value is -4.26. The number of halogens is 3. The zero-order valence-corrected chi connectivity index (χ0v) is 19.8. The molecule has 1 aromatic heterocycles. The monoisotopic (exact) mass is 532 g/mol. The van der Waals surface area contributed by atoms with E-state index in [0.717, 1.165) is 22.6 Å². The van der Waals surface area contributed by atoms with Crippen LogP contribution < -0.4 is 10.2 Å². The van der Waals surface area contributed by atoms with Crippen LogP contribution in [0.15, 0.2) is 77.8 Å². The van der Waals surface area contributed by atoms with Crippen LogP contribution in [0.3, 0.4) is 0 Å². The third-order valence-electron chi connectivity index (χ3n) is 5.42. The number of carbonyl (C=O) groups is 3. The molecule has 2 aromatic carbocycles. The van der Waals surface area contributed by atoms with Gasteiger partial charge >= 0.3 is 11.5 Å². The number of amides is 4. The van der Waals surface area contributed by atoms with Crippen molar-refractivity contribution in [2.45, 2.75) is 23.4 Å². The maximum atomic E-state index is 12.9. The van der Waals surface area contributed by atoms with Gasteiger partial charge in [-0.3, -0.25) is 9.59 Å². The fraction of sp³-hybridized carbons (Fsp3) is 0.167. The van der Waals surface area contributed by atoms with Gasteiger partial charge in [0.1, 0.15) is 12.4 Å². The van der Waals surface area contributed by atoms with Crippen LogP contribution in [0.1, 0.15) is 11.1 Å². The van der Waals surface area contributed by atoms with E-state index in [2.05, 4.69) is 10.3 Å². The summed E-state index contributed by atoms with van der Waals surface area (Å²) in [4.78, 5) is 42.7. The van der Waals surface area contributed by atoms with Crippen molar-refractivity contribution in [3.63, 3.8) is 0 Å². The first kappa shape index (κ1) is 25.8. The average molecular weight is 533 g/mol. The number of hydrogen-bond donors (Lipinski definition) is 1. The fourth-order valence-electron chi connectivity index (χ4n) is 3.67. The fourth-order valence-corrected chi connectivity index (χ4v) is 4.43. The van der Waals surface area contributed by atoms with Gasteiger partial charge in [0.05, 0.1) is 17.0 Å². The van der Waals surface area contributed by atoms with Gasteiger partial charge < -0.3 is 10.2 Å². The van der Waals surface area contributed by atoms with Crippen LogP contribution in [0.25, 0.3) is 0 Å². The Labute approximate surface area is 209 Å². The van der Waals surface area contributed by atoms with Crippen molar-refractivity contribution >= 4 is 39.2 Å². The summed E-state index contributed by atoms with van der Waals surface area (Å²) in [6.45, 7) is -0.314. The highest BCUT2D eigenvalue weighted by Gasteiger charge is 2.47. The molecule has 0 bridgehead atoms. The standard InChI is InChI=1S/C24H19F3N4O5S/c25-24(26,27)37(35,36)19-8-6-18(7-9-19)31-22(33)15-30(23(31)34)14-17-10-11-28-20(12-17)29-21(32)13-16-4-2-1-3-5-16/h1-12H,13-15H2,(H,28,29,32). The molecule has 1 saturated heterocycles. The highest BCUT2D eigenvalue weighted by Crippen LogP contribution is 2.32. The van der Waals surface area contributed by atoms with E-state index in [1.807, 2.05) is 30.3 Å². The minimum absolute atomic E-state index is 0.00825. The van der Waals surface area contributed by atoms with Gasteiger partial charge in [0, 0.05) is 12.7 Å². The van der Waals surface area contributed by atoms with E-state index < -0.39 is 32.2 Å². The summed E-state index contributed by atoms with van der Waals surface area (Å²) in [6, 6.07) is 14.8. The van der Waals surface area contributed by atoms with Gasteiger partial charge in [0.2, 0.25) is 5.91 Å². The molecule has 1 fully saturated rings. The van der Waals surface area contributed by atoms with E-state index in [1.54, 1.807) is 12.1 Å². The van der Waals surface area contributed by atoms with Crippen LogP contribution >= 0.6 is 0 Å². The predicted octanol–water partition coefficient (Wildman–Crippen LogP) is 3.53. The molecule has 1 aliphatic heterocycles. The van der Waals surface area contributed by atoms with Gasteiger partial charge in [-0.15, -0.1) is 0 Å². The second-order valence-corrected chi connectivity index (χ2v) is 10.0. The zero-order valence-electron chi connectivity index (χ0n) is 19.0. The molecule has 1 N–H and O–H groups in total. The summed E-state index contributed by atoms with van der Waals surface area (Å²) < 4.78 is 61.4. The summed E-state index contributed by atoms with van der Waals surface area (Å²) in [5, 5.41) is 2.68. The van der Waals surface area contributed by atoms with Gasteiger partial charge in [0.25, 0.3) is 15.7 Å². The SMILES string of the molecule is O=C(Cc1ccccc1)Nc1cc(CN2CC(=O)N(c3ccc(S(=O)(=O)C(F)(F)F)cc3)C2=O)ccn1. The second-order valence-electron chi connectivity index (χ2n) is 8.07. The molecular weight excluding hydrogens is 513 g/mol. The third-order valence-corrected chi connectivity index (χ3v) is 6.92. The smallest absolute Gasteiger partial charge is 0.310 e. The van der Waals surface area contributed by atoms with Crippen LogP contribution in [0.5, 0.6) is 0 Å². The highest BCUT2D eigenvalue weighted by atomic mass is 32.2. The lowest BCUT2D eigenvalue weighted by molar-refractivity contribution is -0.117. The molecule has 1 aliphatic rings. The summed E-state index contributed by atoms with van der Waals surface area (Å²) in [6.07, 6.45) is 1.58. The van der Waals surface area contributed by atoms with Crippen molar-refractivity contribution < 1.29 is 36.0 Å². The lowest BCUT2D eigenvalue weighted by Gasteiger charge is -2.18. The molecule has 192 valence electrons. The van der Waals surface area contributed by atoms with E-state index >= 15 is 0 Å². The Kier molecular flexibility index (Phi) is 6.99. The first-order valence-electron chi connectivity index (χ1n) is 10.8. The maximum Gasteiger partial charge on any atom is 0.501 e.